The lowest BCUT2D eigenvalue weighted by Crippen LogP contribution is -2.06. The molecular formula is C18H13FN2O3. The van der Waals surface area contributed by atoms with Gasteiger partial charge in [-0.2, -0.15) is 0 Å². The largest absolute Gasteiger partial charge is 0.313 e. The monoisotopic (exact) mass is 324 g/mol. The van der Waals surface area contributed by atoms with E-state index in [2.05, 4.69) is 0 Å². The smallest absolute Gasteiger partial charge is 0.235 e. The molecule has 0 aliphatic rings. The molecule has 0 atom stereocenters. The van der Waals surface area contributed by atoms with E-state index in [9.17, 15) is 19.3 Å². The van der Waals surface area contributed by atoms with Gasteiger partial charge in [0.2, 0.25) is 12.0 Å². The van der Waals surface area contributed by atoms with E-state index in [1.807, 2.05) is 0 Å². The number of aromatic nitrogens is 1. The molecule has 0 aliphatic carbocycles. The molecule has 0 aliphatic heterocycles. The first-order valence-corrected chi connectivity index (χ1v) is 7.20. The van der Waals surface area contributed by atoms with Crippen LogP contribution in [0, 0.1) is 22.9 Å². The van der Waals surface area contributed by atoms with E-state index in [4.69, 9.17) is 0 Å². The summed E-state index contributed by atoms with van der Waals surface area (Å²) in [7, 11) is 0. The Morgan fingerprint density at radius 3 is 2.58 bits per heavy atom. The van der Waals surface area contributed by atoms with Gasteiger partial charge in [0.15, 0.2) is 0 Å². The Bertz CT molecular complexity index is 972. The summed E-state index contributed by atoms with van der Waals surface area (Å²) in [4.78, 5) is 22.9. The van der Waals surface area contributed by atoms with Crippen LogP contribution >= 0.6 is 0 Å². The first-order valence-electron chi connectivity index (χ1n) is 7.20. The highest BCUT2D eigenvalue weighted by Crippen LogP contribution is 2.26. The molecule has 0 radical (unpaired) electrons. The molecule has 2 heterocycles. The number of rotatable bonds is 4. The molecule has 6 heteroatoms. The van der Waals surface area contributed by atoms with Gasteiger partial charge in [-0.25, -0.2) is 4.39 Å². The van der Waals surface area contributed by atoms with Crippen LogP contribution in [0.5, 0.6) is 0 Å². The van der Waals surface area contributed by atoms with Crippen molar-refractivity contribution in [1.82, 2.24) is 4.40 Å². The number of hydrogen-bond donors (Lipinski definition) is 0. The second-order valence-electron chi connectivity index (χ2n) is 5.28. The van der Waals surface area contributed by atoms with Crippen LogP contribution in [0.3, 0.4) is 0 Å². The third-order valence-electron chi connectivity index (χ3n) is 3.82. The van der Waals surface area contributed by atoms with Gasteiger partial charge in [0, 0.05) is 23.4 Å². The molecule has 0 unspecified atom stereocenters. The summed E-state index contributed by atoms with van der Waals surface area (Å²) in [5.41, 5.74) is 2.69. The van der Waals surface area contributed by atoms with Crippen molar-refractivity contribution in [3.8, 4) is 0 Å². The van der Waals surface area contributed by atoms with Crippen LogP contribution < -0.4 is 0 Å². The van der Waals surface area contributed by atoms with Gasteiger partial charge in [-0.05, 0) is 48.9 Å². The van der Waals surface area contributed by atoms with E-state index in [0.29, 0.717) is 27.9 Å². The molecule has 3 rings (SSSR count). The number of nitrogens with zero attached hydrogens (tertiary/aromatic N) is 2. The summed E-state index contributed by atoms with van der Waals surface area (Å²) < 4.78 is 14.8. The van der Waals surface area contributed by atoms with Crippen molar-refractivity contribution in [2.24, 2.45) is 0 Å². The Morgan fingerprint density at radius 2 is 1.92 bits per heavy atom. The van der Waals surface area contributed by atoms with Gasteiger partial charge in [-0.3, -0.25) is 14.9 Å². The van der Waals surface area contributed by atoms with Crippen LogP contribution in [0.2, 0.25) is 0 Å². The van der Waals surface area contributed by atoms with E-state index in [1.165, 1.54) is 30.3 Å². The van der Waals surface area contributed by atoms with Gasteiger partial charge in [-0.1, -0.05) is 6.07 Å². The van der Waals surface area contributed by atoms with Gasteiger partial charge in [0.05, 0.1) is 16.1 Å². The quantitative estimate of drug-likeness (QED) is 0.416. The summed E-state index contributed by atoms with van der Waals surface area (Å²) in [6, 6.07) is 10.7. The van der Waals surface area contributed by atoms with Gasteiger partial charge in [0.25, 0.3) is 0 Å². The highest BCUT2D eigenvalue weighted by Gasteiger charge is 2.20. The van der Waals surface area contributed by atoms with E-state index >= 15 is 0 Å². The molecule has 24 heavy (non-hydrogen) atoms. The molecule has 5 nitrogen and oxygen atoms in total. The average molecular weight is 324 g/mol. The van der Waals surface area contributed by atoms with Crippen molar-refractivity contribution in [1.29, 1.82) is 0 Å². The summed E-state index contributed by atoms with van der Waals surface area (Å²) in [5.74, 6) is -0.688. The normalized spacial score (nSPS) is 11.2. The van der Waals surface area contributed by atoms with Crippen LogP contribution in [-0.4, -0.2) is 15.1 Å². The molecular weight excluding hydrogens is 311 g/mol. The van der Waals surface area contributed by atoms with Gasteiger partial charge < -0.3 is 4.40 Å². The van der Waals surface area contributed by atoms with Crippen molar-refractivity contribution in [3.05, 3.63) is 93.2 Å². The molecule has 0 amide bonds. The van der Waals surface area contributed by atoms with Crippen LogP contribution in [0.1, 0.15) is 27.2 Å². The van der Waals surface area contributed by atoms with E-state index in [-0.39, 0.29) is 5.78 Å². The predicted molar refractivity (Wildman–Crippen MR) is 88.0 cm³/mol. The zero-order valence-corrected chi connectivity index (χ0v) is 12.8. The molecule has 0 bridgehead atoms. The molecule has 0 spiro atoms. The predicted octanol–water partition coefficient (Wildman–Crippen LogP) is 3.87. The number of hydrogen-bond acceptors (Lipinski definition) is 3. The Morgan fingerprint density at radius 1 is 1.21 bits per heavy atom. The number of ketones is 1. The van der Waals surface area contributed by atoms with E-state index < -0.39 is 10.7 Å². The zero-order chi connectivity index (χ0) is 17.3. The van der Waals surface area contributed by atoms with Crippen molar-refractivity contribution in [3.63, 3.8) is 0 Å². The van der Waals surface area contributed by atoms with Crippen molar-refractivity contribution in [2.75, 3.05) is 0 Å². The summed E-state index contributed by atoms with van der Waals surface area (Å²) >= 11 is 0. The number of carbonyl (C=O) groups excluding carboxylic acids is 1. The molecule has 3 aromatic rings. The number of benzene rings is 1. The molecule has 0 saturated heterocycles. The second-order valence-corrected chi connectivity index (χ2v) is 5.28. The highest BCUT2D eigenvalue weighted by atomic mass is 19.1. The minimum Gasteiger partial charge on any atom is -0.313 e. The first-order chi connectivity index (χ1) is 11.5. The Kier molecular flexibility index (Phi) is 3.95. The third-order valence-corrected chi connectivity index (χ3v) is 3.82. The highest BCUT2D eigenvalue weighted by molar-refractivity contribution is 6.10. The molecule has 120 valence electrons. The van der Waals surface area contributed by atoms with Gasteiger partial charge in [-0.15, -0.1) is 0 Å². The van der Waals surface area contributed by atoms with E-state index in [1.54, 1.807) is 35.7 Å². The maximum Gasteiger partial charge on any atom is 0.235 e. The fourth-order valence-electron chi connectivity index (χ4n) is 2.72. The van der Waals surface area contributed by atoms with E-state index in [0.717, 1.165) is 6.20 Å². The summed E-state index contributed by atoms with van der Waals surface area (Å²) in [6.45, 7) is 1.74. The van der Waals surface area contributed by atoms with Gasteiger partial charge >= 0.3 is 0 Å². The molecule has 1 aromatic carbocycles. The maximum absolute atomic E-state index is 13.1. The molecule has 2 aromatic heterocycles. The number of pyridine rings is 1. The van der Waals surface area contributed by atoms with Crippen LogP contribution in [0.4, 0.5) is 4.39 Å². The fraction of sp³-hybridized carbons (Fsp3) is 0.0556. The number of halogens is 1. The summed E-state index contributed by atoms with van der Waals surface area (Å²) in [5, 5.41) is 10.6. The maximum atomic E-state index is 13.1. The minimum absolute atomic E-state index is 0.269. The summed E-state index contributed by atoms with van der Waals surface area (Å²) in [6.07, 6.45) is 3.95. The number of fused-ring (bicyclic) bond motifs is 1. The standard InChI is InChI=1S/C18H13FN2O3/c1-12-15(9-11-21(23)24)16-4-2-3-10-20(16)17(12)18(22)13-5-7-14(19)8-6-13/h2-11H,1H3/b11-9+. The Balaban J connectivity index is 2.21. The van der Waals surface area contributed by atoms with Crippen LogP contribution in [0.25, 0.3) is 11.6 Å². The fourth-order valence-corrected chi connectivity index (χ4v) is 2.72. The SMILES string of the molecule is Cc1c(/C=C/[N+](=O)[O-])c2ccccn2c1C(=O)c1ccc(F)cc1. The van der Waals surface area contributed by atoms with Crippen molar-refractivity contribution >= 4 is 17.4 Å². The molecule has 0 saturated carbocycles. The lowest BCUT2D eigenvalue weighted by atomic mass is 10.0. The Hall–Kier alpha value is -3.28. The van der Waals surface area contributed by atoms with Crippen LogP contribution in [0.15, 0.2) is 54.9 Å². The average Bonchev–Trinajstić information content (AvgIpc) is 2.84. The topological polar surface area (TPSA) is 64.6 Å². The lowest BCUT2D eigenvalue weighted by Gasteiger charge is -2.04. The molecule has 0 fully saturated rings. The van der Waals surface area contributed by atoms with Gasteiger partial charge in [0.1, 0.15) is 5.82 Å². The second kappa shape index (κ2) is 6.08. The number of nitro groups is 1. The first kappa shape index (κ1) is 15.6. The third kappa shape index (κ3) is 2.69. The van der Waals surface area contributed by atoms with Crippen molar-refractivity contribution in [2.45, 2.75) is 6.92 Å². The minimum atomic E-state index is -0.548. The Labute approximate surface area is 136 Å². The lowest BCUT2D eigenvalue weighted by molar-refractivity contribution is -0.400. The molecule has 0 N–H and O–H groups in total. The number of carbonyl (C=O) groups is 1. The van der Waals surface area contributed by atoms with Crippen molar-refractivity contribution < 1.29 is 14.1 Å². The van der Waals surface area contributed by atoms with Crippen LogP contribution in [-0.2, 0) is 0 Å². The zero-order valence-electron chi connectivity index (χ0n) is 12.8.